The summed E-state index contributed by atoms with van der Waals surface area (Å²) in [4.78, 5) is 16.8. The van der Waals surface area contributed by atoms with Gasteiger partial charge in [0.1, 0.15) is 5.60 Å². The van der Waals surface area contributed by atoms with Gasteiger partial charge in [-0.1, -0.05) is 0 Å². The van der Waals surface area contributed by atoms with Crippen LogP contribution in [0.4, 0.5) is 5.69 Å². The highest BCUT2D eigenvalue weighted by molar-refractivity contribution is 8.00. The minimum Gasteiger partial charge on any atom is -0.459 e. The monoisotopic (exact) mass is 290 g/mol. The standard InChI is InChI=1S/C15H18N2O2S/c1-15(2,3)19-14(18)9-20-13-5-4-12(16)10-6-7-17-8-11(10)13/h4-8H,9,16H2,1-3H3. The first-order valence-electron chi connectivity index (χ1n) is 6.34. The molecule has 4 nitrogen and oxygen atoms in total. The van der Waals surface area contributed by atoms with Crippen LogP contribution in [0.2, 0.25) is 0 Å². The molecule has 0 bridgehead atoms. The maximum Gasteiger partial charge on any atom is 0.316 e. The Labute approximate surface area is 122 Å². The zero-order chi connectivity index (χ0) is 14.8. The Morgan fingerprint density at radius 1 is 1.30 bits per heavy atom. The number of hydrogen-bond acceptors (Lipinski definition) is 5. The van der Waals surface area contributed by atoms with E-state index in [1.54, 1.807) is 12.4 Å². The summed E-state index contributed by atoms with van der Waals surface area (Å²) in [5, 5.41) is 1.91. The zero-order valence-corrected chi connectivity index (χ0v) is 12.7. The van der Waals surface area contributed by atoms with E-state index >= 15 is 0 Å². The largest absolute Gasteiger partial charge is 0.459 e. The average Bonchev–Trinajstić information content (AvgIpc) is 2.36. The first-order valence-corrected chi connectivity index (χ1v) is 7.32. The number of nitrogens with two attached hydrogens (primary N) is 1. The third-order valence-corrected chi connectivity index (χ3v) is 3.62. The highest BCUT2D eigenvalue weighted by atomic mass is 32.2. The molecular formula is C15H18N2O2S. The van der Waals surface area contributed by atoms with Crippen molar-refractivity contribution in [3.05, 3.63) is 30.6 Å². The molecule has 0 amide bonds. The van der Waals surface area contributed by atoms with Gasteiger partial charge in [0, 0.05) is 33.7 Å². The molecule has 5 heteroatoms. The molecule has 0 fully saturated rings. The molecule has 0 saturated heterocycles. The lowest BCUT2D eigenvalue weighted by atomic mass is 10.1. The minimum atomic E-state index is -0.456. The summed E-state index contributed by atoms with van der Waals surface area (Å²) in [5.74, 6) is 0.0434. The van der Waals surface area contributed by atoms with Crippen molar-refractivity contribution < 1.29 is 9.53 Å². The van der Waals surface area contributed by atoms with Crippen LogP contribution in [0.5, 0.6) is 0 Å². The van der Waals surface area contributed by atoms with E-state index in [1.807, 2.05) is 39.0 Å². The lowest BCUT2D eigenvalue weighted by Gasteiger charge is -2.19. The molecule has 1 heterocycles. The van der Waals surface area contributed by atoms with Crippen molar-refractivity contribution in [1.82, 2.24) is 4.98 Å². The van der Waals surface area contributed by atoms with Crippen LogP contribution in [0.1, 0.15) is 20.8 Å². The molecule has 0 atom stereocenters. The fraction of sp³-hybridized carbons (Fsp3) is 0.333. The fourth-order valence-corrected chi connectivity index (χ4v) is 2.64. The SMILES string of the molecule is CC(C)(C)OC(=O)CSc1ccc(N)c2ccncc12. The lowest BCUT2D eigenvalue weighted by molar-refractivity contribution is -0.151. The van der Waals surface area contributed by atoms with Gasteiger partial charge in [-0.15, -0.1) is 11.8 Å². The van der Waals surface area contributed by atoms with Crippen LogP contribution in [-0.4, -0.2) is 22.3 Å². The minimum absolute atomic E-state index is 0.226. The van der Waals surface area contributed by atoms with E-state index in [2.05, 4.69) is 4.98 Å². The number of nitrogens with zero attached hydrogens (tertiary/aromatic N) is 1. The van der Waals surface area contributed by atoms with Crippen LogP contribution >= 0.6 is 11.8 Å². The fourth-order valence-electron chi connectivity index (χ4n) is 1.82. The van der Waals surface area contributed by atoms with Crippen molar-refractivity contribution in [2.24, 2.45) is 0 Å². The third-order valence-electron chi connectivity index (χ3n) is 2.58. The van der Waals surface area contributed by atoms with Gasteiger partial charge in [0.25, 0.3) is 0 Å². The Morgan fingerprint density at radius 2 is 2.05 bits per heavy atom. The molecular weight excluding hydrogens is 272 g/mol. The first kappa shape index (κ1) is 14.7. The van der Waals surface area contributed by atoms with E-state index in [0.29, 0.717) is 5.69 Å². The molecule has 2 rings (SSSR count). The molecule has 0 spiro atoms. The number of carbonyl (C=O) groups excluding carboxylic acids is 1. The quantitative estimate of drug-likeness (QED) is 0.534. The van der Waals surface area contributed by atoms with Crippen LogP contribution in [0, 0.1) is 0 Å². The second kappa shape index (κ2) is 5.71. The molecule has 20 heavy (non-hydrogen) atoms. The summed E-state index contributed by atoms with van der Waals surface area (Å²) in [6.45, 7) is 5.58. The average molecular weight is 290 g/mol. The highest BCUT2D eigenvalue weighted by Gasteiger charge is 2.16. The van der Waals surface area contributed by atoms with Crippen LogP contribution in [-0.2, 0) is 9.53 Å². The third kappa shape index (κ3) is 3.63. The summed E-state index contributed by atoms with van der Waals surface area (Å²) in [6.07, 6.45) is 3.48. The second-order valence-electron chi connectivity index (χ2n) is 5.45. The van der Waals surface area contributed by atoms with Gasteiger partial charge in [0.15, 0.2) is 0 Å². The van der Waals surface area contributed by atoms with Gasteiger partial charge in [-0.25, -0.2) is 0 Å². The number of rotatable bonds is 3. The molecule has 0 aliphatic heterocycles. The van der Waals surface area contributed by atoms with E-state index in [9.17, 15) is 4.79 Å². The Bertz CT molecular complexity index is 635. The summed E-state index contributed by atoms with van der Waals surface area (Å²) >= 11 is 1.44. The van der Waals surface area contributed by atoms with E-state index < -0.39 is 5.60 Å². The predicted octanol–water partition coefficient (Wildman–Crippen LogP) is 3.25. The number of nitrogen functional groups attached to an aromatic ring is 1. The molecule has 0 aliphatic rings. The van der Waals surface area contributed by atoms with Gasteiger partial charge >= 0.3 is 5.97 Å². The van der Waals surface area contributed by atoms with E-state index in [1.165, 1.54) is 11.8 Å². The normalized spacial score (nSPS) is 11.6. The smallest absolute Gasteiger partial charge is 0.316 e. The van der Waals surface area contributed by atoms with Crippen molar-refractivity contribution >= 4 is 34.2 Å². The number of pyridine rings is 1. The molecule has 2 aromatic rings. The van der Waals surface area contributed by atoms with E-state index in [4.69, 9.17) is 10.5 Å². The van der Waals surface area contributed by atoms with Crippen molar-refractivity contribution in [2.45, 2.75) is 31.3 Å². The number of thioether (sulfide) groups is 1. The maximum atomic E-state index is 11.8. The molecule has 1 aromatic heterocycles. The van der Waals surface area contributed by atoms with Crippen molar-refractivity contribution in [2.75, 3.05) is 11.5 Å². The van der Waals surface area contributed by atoms with Crippen LogP contribution in [0.15, 0.2) is 35.5 Å². The number of benzene rings is 1. The van der Waals surface area contributed by atoms with Gasteiger partial charge in [-0.2, -0.15) is 0 Å². The number of ether oxygens (including phenoxy) is 1. The summed E-state index contributed by atoms with van der Waals surface area (Å²) in [5.41, 5.74) is 6.19. The Balaban J connectivity index is 2.15. The number of anilines is 1. The number of esters is 1. The summed E-state index contributed by atoms with van der Waals surface area (Å²) in [7, 11) is 0. The zero-order valence-electron chi connectivity index (χ0n) is 11.8. The summed E-state index contributed by atoms with van der Waals surface area (Å²) < 4.78 is 5.30. The molecule has 0 radical (unpaired) electrons. The van der Waals surface area contributed by atoms with Gasteiger partial charge in [-0.05, 0) is 39.0 Å². The van der Waals surface area contributed by atoms with Crippen LogP contribution in [0.3, 0.4) is 0 Å². The lowest BCUT2D eigenvalue weighted by Crippen LogP contribution is -2.24. The molecule has 106 valence electrons. The van der Waals surface area contributed by atoms with Crippen LogP contribution < -0.4 is 5.73 Å². The Hall–Kier alpha value is -1.75. The number of hydrogen-bond donors (Lipinski definition) is 1. The molecule has 0 saturated carbocycles. The van der Waals surface area contributed by atoms with Gasteiger partial charge < -0.3 is 10.5 Å². The second-order valence-corrected chi connectivity index (χ2v) is 6.47. The van der Waals surface area contributed by atoms with Crippen molar-refractivity contribution in [3.8, 4) is 0 Å². The maximum absolute atomic E-state index is 11.8. The van der Waals surface area contributed by atoms with Gasteiger partial charge in [0.05, 0.1) is 5.75 Å². The number of fused-ring (bicyclic) bond motifs is 1. The van der Waals surface area contributed by atoms with Crippen molar-refractivity contribution in [1.29, 1.82) is 0 Å². The topological polar surface area (TPSA) is 65.2 Å². The molecule has 0 aliphatic carbocycles. The molecule has 0 unspecified atom stereocenters. The van der Waals surface area contributed by atoms with Gasteiger partial charge in [0.2, 0.25) is 0 Å². The number of carbonyl (C=O) groups is 1. The number of aromatic nitrogens is 1. The Morgan fingerprint density at radius 3 is 2.75 bits per heavy atom. The predicted molar refractivity (Wildman–Crippen MR) is 82.7 cm³/mol. The first-order chi connectivity index (χ1) is 9.37. The van der Waals surface area contributed by atoms with E-state index in [-0.39, 0.29) is 11.7 Å². The van der Waals surface area contributed by atoms with Crippen molar-refractivity contribution in [3.63, 3.8) is 0 Å². The molecule has 2 N–H and O–H groups in total. The van der Waals surface area contributed by atoms with Crippen LogP contribution in [0.25, 0.3) is 10.8 Å². The highest BCUT2D eigenvalue weighted by Crippen LogP contribution is 2.31. The van der Waals surface area contributed by atoms with Gasteiger partial charge in [-0.3, -0.25) is 9.78 Å². The molecule has 1 aromatic carbocycles. The Kier molecular flexibility index (Phi) is 4.18. The summed E-state index contributed by atoms with van der Waals surface area (Å²) in [6, 6.07) is 5.64. The van der Waals surface area contributed by atoms with E-state index in [0.717, 1.165) is 15.7 Å².